The van der Waals surface area contributed by atoms with Crippen molar-refractivity contribution in [2.75, 3.05) is 26.3 Å². The zero-order valence-electron chi connectivity index (χ0n) is 10.4. The van der Waals surface area contributed by atoms with Crippen LogP contribution in [0.5, 0.6) is 0 Å². The molecule has 0 saturated carbocycles. The minimum absolute atomic E-state index is 0.277. The Kier molecular flexibility index (Phi) is 5.22. The molecule has 1 unspecified atom stereocenters. The highest BCUT2D eigenvalue weighted by atomic mass is 16.5. The summed E-state index contributed by atoms with van der Waals surface area (Å²) in [6, 6.07) is 0. The molecule has 0 aliphatic carbocycles. The van der Waals surface area contributed by atoms with E-state index in [1.165, 1.54) is 12.8 Å². The van der Waals surface area contributed by atoms with Gasteiger partial charge in [-0.1, -0.05) is 12.8 Å². The Labute approximate surface area is 97.6 Å². The molecule has 4 heteroatoms. The van der Waals surface area contributed by atoms with Crippen molar-refractivity contribution in [3.63, 3.8) is 0 Å². The second kappa shape index (κ2) is 6.21. The summed E-state index contributed by atoms with van der Waals surface area (Å²) in [4.78, 5) is 13.5. The molecular formula is C12H23NO3. The zero-order chi connectivity index (χ0) is 12.0. The van der Waals surface area contributed by atoms with Gasteiger partial charge in [0.15, 0.2) is 0 Å². The Bertz CT molecular complexity index is 224. The van der Waals surface area contributed by atoms with Gasteiger partial charge >= 0.3 is 5.97 Å². The molecular weight excluding hydrogens is 206 g/mol. The van der Waals surface area contributed by atoms with Crippen molar-refractivity contribution in [1.29, 1.82) is 0 Å². The highest BCUT2D eigenvalue weighted by molar-refractivity contribution is 5.78. The molecule has 1 atom stereocenters. The number of nitrogens with zero attached hydrogens (tertiary/aromatic N) is 1. The van der Waals surface area contributed by atoms with Gasteiger partial charge < -0.3 is 9.84 Å². The fourth-order valence-corrected chi connectivity index (χ4v) is 2.15. The van der Waals surface area contributed by atoms with Crippen LogP contribution < -0.4 is 0 Å². The molecule has 1 saturated heterocycles. The van der Waals surface area contributed by atoms with Gasteiger partial charge in [0.2, 0.25) is 0 Å². The Morgan fingerprint density at radius 2 is 1.88 bits per heavy atom. The maximum Gasteiger partial charge on any atom is 0.326 e. The molecule has 94 valence electrons. The maximum absolute atomic E-state index is 11.4. The molecule has 0 bridgehead atoms. The van der Waals surface area contributed by atoms with E-state index in [1.54, 1.807) is 6.92 Å². The van der Waals surface area contributed by atoms with Gasteiger partial charge in [0.1, 0.15) is 5.54 Å². The van der Waals surface area contributed by atoms with Gasteiger partial charge in [0, 0.05) is 6.61 Å². The fraction of sp³-hybridized carbons (Fsp3) is 0.917. The number of ether oxygens (including phenoxy) is 1. The fourth-order valence-electron chi connectivity index (χ4n) is 2.15. The van der Waals surface area contributed by atoms with Crippen LogP contribution >= 0.6 is 0 Å². The van der Waals surface area contributed by atoms with Crippen LogP contribution in [0.3, 0.4) is 0 Å². The van der Waals surface area contributed by atoms with Crippen molar-refractivity contribution >= 4 is 5.97 Å². The van der Waals surface area contributed by atoms with Crippen LogP contribution in [0.15, 0.2) is 0 Å². The Balaban J connectivity index is 2.69. The third-order valence-electron chi connectivity index (χ3n) is 3.35. The van der Waals surface area contributed by atoms with Crippen LogP contribution in [-0.2, 0) is 9.53 Å². The van der Waals surface area contributed by atoms with Crippen molar-refractivity contribution in [3.8, 4) is 0 Å². The van der Waals surface area contributed by atoms with E-state index in [0.29, 0.717) is 6.61 Å². The van der Waals surface area contributed by atoms with Crippen LogP contribution in [0, 0.1) is 0 Å². The molecule has 0 radical (unpaired) electrons. The van der Waals surface area contributed by atoms with E-state index in [1.807, 2.05) is 6.92 Å². The van der Waals surface area contributed by atoms with Crippen molar-refractivity contribution < 1.29 is 14.6 Å². The van der Waals surface area contributed by atoms with Crippen molar-refractivity contribution in [3.05, 3.63) is 0 Å². The van der Waals surface area contributed by atoms with E-state index < -0.39 is 11.5 Å². The minimum atomic E-state index is -0.861. The van der Waals surface area contributed by atoms with Gasteiger partial charge in [-0.2, -0.15) is 0 Å². The van der Waals surface area contributed by atoms with Gasteiger partial charge in [-0.05, 0) is 39.8 Å². The number of carbonyl (C=O) groups is 1. The highest BCUT2D eigenvalue weighted by Crippen LogP contribution is 2.21. The topological polar surface area (TPSA) is 49.8 Å². The largest absolute Gasteiger partial charge is 0.480 e. The summed E-state index contributed by atoms with van der Waals surface area (Å²) in [5, 5.41) is 9.38. The molecule has 1 heterocycles. The van der Waals surface area contributed by atoms with Crippen LogP contribution in [0.25, 0.3) is 0 Å². The van der Waals surface area contributed by atoms with E-state index in [9.17, 15) is 9.90 Å². The predicted octanol–water partition coefficient (Wildman–Crippen LogP) is 1.74. The summed E-state index contributed by atoms with van der Waals surface area (Å²) in [6.45, 7) is 6.25. The first-order valence-corrected chi connectivity index (χ1v) is 6.17. The van der Waals surface area contributed by atoms with Gasteiger partial charge in [0.05, 0.1) is 6.61 Å². The van der Waals surface area contributed by atoms with Crippen molar-refractivity contribution in [2.24, 2.45) is 0 Å². The summed E-state index contributed by atoms with van der Waals surface area (Å²) in [5.41, 5.74) is -0.861. The smallest absolute Gasteiger partial charge is 0.326 e. The molecule has 1 fully saturated rings. The normalized spacial score (nSPS) is 22.4. The molecule has 1 N–H and O–H groups in total. The molecule has 0 spiro atoms. The second-order valence-electron chi connectivity index (χ2n) is 4.62. The number of hydrogen-bond donors (Lipinski definition) is 1. The van der Waals surface area contributed by atoms with Crippen molar-refractivity contribution in [2.45, 2.75) is 45.1 Å². The Morgan fingerprint density at radius 3 is 2.31 bits per heavy atom. The van der Waals surface area contributed by atoms with Crippen LogP contribution in [0.1, 0.15) is 39.5 Å². The number of rotatable bonds is 5. The van der Waals surface area contributed by atoms with Crippen LogP contribution in [-0.4, -0.2) is 47.8 Å². The molecule has 1 aliphatic rings. The lowest BCUT2D eigenvalue weighted by molar-refractivity contribution is -0.155. The summed E-state index contributed by atoms with van der Waals surface area (Å²) >= 11 is 0. The molecule has 1 aliphatic heterocycles. The predicted molar refractivity (Wildman–Crippen MR) is 62.6 cm³/mol. The van der Waals surface area contributed by atoms with Gasteiger partial charge in [-0.15, -0.1) is 0 Å². The first-order chi connectivity index (χ1) is 7.61. The number of carboxylic acid groups (broad SMARTS) is 1. The van der Waals surface area contributed by atoms with E-state index >= 15 is 0 Å². The molecule has 0 amide bonds. The first-order valence-electron chi connectivity index (χ1n) is 6.17. The molecule has 16 heavy (non-hydrogen) atoms. The molecule has 1 rings (SSSR count). The van der Waals surface area contributed by atoms with Gasteiger partial charge in [0.25, 0.3) is 0 Å². The Hall–Kier alpha value is -0.610. The number of likely N-dealkylation sites (tertiary alicyclic amines) is 1. The summed E-state index contributed by atoms with van der Waals surface area (Å²) < 4.78 is 5.33. The lowest BCUT2D eigenvalue weighted by Gasteiger charge is -2.36. The van der Waals surface area contributed by atoms with Crippen molar-refractivity contribution in [1.82, 2.24) is 4.90 Å². The zero-order valence-corrected chi connectivity index (χ0v) is 10.4. The van der Waals surface area contributed by atoms with Crippen LogP contribution in [0.4, 0.5) is 0 Å². The van der Waals surface area contributed by atoms with E-state index in [-0.39, 0.29) is 6.61 Å². The summed E-state index contributed by atoms with van der Waals surface area (Å²) in [7, 11) is 0. The first kappa shape index (κ1) is 13.5. The van der Waals surface area contributed by atoms with Crippen LogP contribution in [0.2, 0.25) is 0 Å². The minimum Gasteiger partial charge on any atom is -0.480 e. The second-order valence-corrected chi connectivity index (χ2v) is 4.62. The monoisotopic (exact) mass is 229 g/mol. The van der Waals surface area contributed by atoms with E-state index in [0.717, 1.165) is 25.9 Å². The highest BCUT2D eigenvalue weighted by Gasteiger charge is 2.39. The molecule has 0 aromatic rings. The number of aliphatic carboxylic acids is 1. The summed E-state index contributed by atoms with van der Waals surface area (Å²) in [5.74, 6) is -0.775. The van der Waals surface area contributed by atoms with Gasteiger partial charge in [-0.3, -0.25) is 9.69 Å². The quantitative estimate of drug-likeness (QED) is 0.780. The number of carboxylic acids is 1. The average Bonchev–Trinajstić information content (AvgIpc) is 2.54. The summed E-state index contributed by atoms with van der Waals surface area (Å²) in [6.07, 6.45) is 4.60. The number of hydrogen-bond acceptors (Lipinski definition) is 3. The van der Waals surface area contributed by atoms with E-state index in [2.05, 4.69) is 4.90 Å². The third-order valence-corrected chi connectivity index (χ3v) is 3.35. The SMILES string of the molecule is CCOCC(C)(C(=O)O)N1CCCCCC1. The standard InChI is InChI=1S/C12H23NO3/c1-3-16-10-12(2,11(14)15)13-8-6-4-5-7-9-13/h3-10H2,1-2H3,(H,14,15). The molecule has 4 nitrogen and oxygen atoms in total. The van der Waals surface area contributed by atoms with E-state index in [4.69, 9.17) is 4.74 Å². The molecule has 0 aromatic carbocycles. The lowest BCUT2D eigenvalue weighted by atomic mass is 10.0. The lowest BCUT2D eigenvalue weighted by Crippen LogP contribution is -2.56. The van der Waals surface area contributed by atoms with Gasteiger partial charge in [-0.25, -0.2) is 0 Å². The average molecular weight is 229 g/mol. The Morgan fingerprint density at radius 1 is 1.31 bits per heavy atom. The molecule has 0 aromatic heterocycles. The maximum atomic E-state index is 11.4. The third kappa shape index (κ3) is 3.19.